The molecule has 0 aliphatic carbocycles. The molecule has 0 atom stereocenters. The van der Waals surface area contributed by atoms with Crippen molar-refractivity contribution < 1.29 is 9.53 Å². The Bertz CT molecular complexity index is 682. The molecule has 0 saturated carbocycles. The molecule has 0 aromatic heterocycles. The first-order valence-corrected chi connectivity index (χ1v) is 7.87. The number of hydrogen-bond donors (Lipinski definition) is 2. The van der Waals surface area contributed by atoms with Gasteiger partial charge in [-0.15, -0.1) is 0 Å². The van der Waals surface area contributed by atoms with Gasteiger partial charge >= 0.3 is 6.03 Å². The average molecular weight is 353 g/mol. The molecule has 0 radical (unpaired) electrons. The van der Waals surface area contributed by atoms with Crippen LogP contribution in [0.3, 0.4) is 0 Å². The maximum Gasteiger partial charge on any atom is 0.317 e. The van der Waals surface area contributed by atoms with Crippen LogP contribution in [0.2, 0.25) is 10.0 Å². The van der Waals surface area contributed by atoms with E-state index in [1.807, 2.05) is 38.1 Å². The van der Waals surface area contributed by atoms with Gasteiger partial charge in [0.15, 0.2) is 6.73 Å². The van der Waals surface area contributed by atoms with Crippen LogP contribution in [-0.2, 0) is 6.54 Å². The monoisotopic (exact) mass is 352 g/mol. The summed E-state index contributed by atoms with van der Waals surface area (Å²) >= 11 is 12.0. The van der Waals surface area contributed by atoms with Crippen LogP contribution in [0, 0.1) is 13.8 Å². The van der Waals surface area contributed by atoms with E-state index in [0.29, 0.717) is 17.3 Å². The van der Waals surface area contributed by atoms with Crippen molar-refractivity contribution in [3.8, 4) is 5.75 Å². The third kappa shape index (κ3) is 5.34. The van der Waals surface area contributed by atoms with Gasteiger partial charge in [0, 0.05) is 16.6 Å². The van der Waals surface area contributed by atoms with E-state index in [0.717, 1.165) is 21.7 Å². The molecule has 0 fully saturated rings. The normalized spacial score (nSPS) is 10.3. The molecule has 0 unspecified atom stereocenters. The Labute approximate surface area is 145 Å². The Morgan fingerprint density at radius 3 is 2.43 bits per heavy atom. The van der Waals surface area contributed by atoms with Crippen LogP contribution >= 0.6 is 23.2 Å². The van der Waals surface area contributed by atoms with Gasteiger partial charge in [-0.2, -0.15) is 0 Å². The zero-order valence-electron chi connectivity index (χ0n) is 13.0. The van der Waals surface area contributed by atoms with Crippen LogP contribution in [0.4, 0.5) is 4.79 Å². The van der Waals surface area contributed by atoms with Gasteiger partial charge in [0.2, 0.25) is 0 Å². The highest BCUT2D eigenvalue weighted by atomic mass is 35.5. The van der Waals surface area contributed by atoms with Gasteiger partial charge in [0.1, 0.15) is 5.75 Å². The van der Waals surface area contributed by atoms with Crippen molar-refractivity contribution in [3.05, 3.63) is 63.1 Å². The molecule has 4 nitrogen and oxygen atoms in total. The molecule has 2 rings (SSSR count). The zero-order chi connectivity index (χ0) is 16.8. The summed E-state index contributed by atoms with van der Waals surface area (Å²) < 4.78 is 5.51. The second-order valence-corrected chi connectivity index (χ2v) is 5.96. The van der Waals surface area contributed by atoms with E-state index in [-0.39, 0.29) is 12.8 Å². The molecule has 6 heteroatoms. The van der Waals surface area contributed by atoms with Gasteiger partial charge in [-0.1, -0.05) is 35.3 Å². The Morgan fingerprint density at radius 1 is 1.09 bits per heavy atom. The smallest absolute Gasteiger partial charge is 0.317 e. The predicted octanol–water partition coefficient (Wildman–Crippen LogP) is 4.45. The van der Waals surface area contributed by atoms with Crippen molar-refractivity contribution in [1.29, 1.82) is 0 Å². The topological polar surface area (TPSA) is 50.4 Å². The highest BCUT2D eigenvalue weighted by Gasteiger charge is 2.05. The van der Waals surface area contributed by atoms with Crippen molar-refractivity contribution in [2.24, 2.45) is 0 Å². The number of carbonyl (C=O) groups excluding carboxylic acids is 1. The lowest BCUT2D eigenvalue weighted by atomic mass is 10.1. The third-order valence-corrected chi connectivity index (χ3v) is 4.05. The van der Waals surface area contributed by atoms with E-state index in [2.05, 4.69) is 10.6 Å². The highest BCUT2D eigenvalue weighted by molar-refractivity contribution is 6.32. The lowest BCUT2D eigenvalue weighted by molar-refractivity contribution is 0.223. The highest BCUT2D eigenvalue weighted by Crippen LogP contribution is 2.25. The van der Waals surface area contributed by atoms with Gasteiger partial charge < -0.3 is 15.4 Å². The van der Waals surface area contributed by atoms with Crippen molar-refractivity contribution >= 4 is 29.2 Å². The Hall–Kier alpha value is -1.91. The number of ether oxygens (including phenoxy) is 1. The van der Waals surface area contributed by atoms with Gasteiger partial charge in [-0.3, -0.25) is 0 Å². The molecule has 0 aliphatic rings. The van der Waals surface area contributed by atoms with E-state index in [1.54, 1.807) is 12.1 Å². The number of rotatable bonds is 5. The number of hydrogen-bond acceptors (Lipinski definition) is 2. The molecular formula is C17H18Cl2N2O2. The second kappa shape index (κ2) is 8.09. The third-order valence-electron chi connectivity index (χ3n) is 3.22. The fourth-order valence-electron chi connectivity index (χ4n) is 2.07. The number of amides is 2. The quantitative estimate of drug-likeness (QED) is 0.781. The van der Waals surface area contributed by atoms with Crippen LogP contribution in [0.5, 0.6) is 5.75 Å². The van der Waals surface area contributed by atoms with E-state index >= 15 is 0 Å². The maximum absolute atomic E-state index is 11.7. The number of nitrogens with one attached hydrogen (secondary N) is 2. The van der Waals surface area contributed by atoms with Crippen molar-refractivity contribution in [1.82, 2.24) is 10.6 Å². The van der Waals surface area contributed by atoms with Crippen molar-refractivity contribution in [2.75, 3.05) is 6.73 Å². The number of benzene rings is 2. The number of aryl methyl sites for hydroxylation is 2. The molecule has 0 saturated heterocycles. The SMILES string of the molecule is Cc1cc(OCNC(=O)NCc2cccc(Cl)c2)cc(C)c1Cl. The standard InChI is InChI=1S/C17H18Cl2N2O2/c1-11-6-15(7-12(2)16(11)19)23-10-21-17(22)20-9-13-4-3-5-14(18)8-13/h3-8H,9-10H2,1-2H3,(H2,20,21,22). The van der Waals surface area contributed by atoms with E-state index in [9.17, 15) is 4.79 Å². The molecule has 2 aromatic rings. The molecular weight excluding hydrogens is 335 g/mol. The molecule has 2 aromatic carbocycles. The van der Waals surface area contributed by atoms with Gasteiger partial charge in [-0.05, 0) is 54.8 Å². The van der Waals surface area contributed by atoms with E-state index < -0.39 is 0 Å². The minimum absolute atomic E-state index is 0.0713. The largest absolute Gasteiger partial charge is 0.473 e. The summed E-state index contributed by atoms with van der Waals surface area (Å²) in [6.45, 7) is 4.29. The summed E-state index contributed by atoms with van der Waals surface area (Å²) in [7, 11) is 0. The molecule has 0 aliphatic heterocycles. The summed E-state index contributed by atoms with van der Waals surface area (Å²) in [5, 5.41) is 6.73. The lowest BCUT2D eigenvalue weighted by Gasteiger charge is -2.11. The minimum Gasteiger partial charge on any atom is -0.473 e. The molecule has 122 valence electrons. The summed E-state index contributed by atoms with van der Waals surface area (Å²) in [5.41, 5.74) is 2.80. The molecule has 0 spiro atoms. The Balaban J connectivity index is 1.77. The van der Waals surface area contributed by atoms with Crippen LogP contribution in [-0.4, -0.2) is 12.8 Å². The van der Waals surface area contributed by atoms with Gasteiger partial charge in [-0.25, -0.2) is 4.79 Å². The summed E-state index contributed by atoms with van der Waals surface area (Å²) in [6.07, 6.45) is 0. The van der Waals surface area contributed by atoms with Crippen LogP contribution < -0.4 is 15.4 Å². The second-order valence-electron chi connectivity index (χ2n) is 5.15. The van der Waals surface area contributed by atoms with Crippen LogP contribution in [0.25, 0.3) is 0 Å². The molecule has 23 heavy (non-hydrogen) atoms. The average Bonchev–Trinajstić information content (AvgIpc) is 2.50. The van der Waals surface area contributed by atoms with Crippen LogP contribution in [0.1, 0.15) is 16.7 Å². The summed E-state index contributed by atoms with van der Waals surface area (Å²) in [5.74, 6) is 0.666. The first-order chi connectivity index (χ1) is 11.0. The lowest BCUT2D eigenvalue weighted by Crippen LogP contribution is -2.37. The van der Waals surface area contributed by atoms with E-state index in [4.69, 9.17) is 27.9 Å². The van der Waals surface area contributed by atoms with Gasteiger partial charge in [0.25, 0.3) is 0 Å². The fourth-order valence-corrected chi connectivity index (χ4v) is 2.39. The maximum atomic E-state index is 11.7. The van der Waals surface area contributed by atoms with E-state index in [1.165, 1.54) is 0 Å². The van der Waals surface area contributed by atoms with Crippen molar-refractivity contribution in [3.63, 3.8) is 0 Å². The molecule has 0 bridgehead atoms. The van der Waals surface area contributed by atoms with Crippen LogP contribution in [0.15, 0.2) is 36.4 Å². The van der Waals surface area contributed by atoms with Crippen molar-refractivity contribution in [2.45, 2.75) is 20.4 Å². The first-order valence-electron chi connectivity index (χ1n) is 7.11. The Morgan fingerprint density at radius 2 is 1.78 bits per heavy atom. The first kappa shape index (κ1) is 17.4. The van der Waals surface area contributed by atoms with Gasteiger partial charge in [0.05, 0.1) is 0 Å². The summed E-state index contributed by atoms with van der Waals surface area (Å²) in [6, 6.07) is 10.7. The molecule has 2 N–H and O–H groups in total. The minimum atomic E-state index is -0.313. The zero-order valence-corrected chi connectivity index (χ0v) is 14.5. The Kier molecular flexibility index (Phi) is 6.13. The molecule has 2 amide bonds. The summed E-state index contributed by atoms with van der Waals surface area (Å²) in [4.78, 5) is 11.7. The predicted molar refractivity (Wildman–Crippen MR) is 93.2 cm³/mol. The fraction of sp³-hybridized carbons (Fsp3) is 0.235. The number of halogens is 2. The number of urea groups is 1. The number of carbonyl (C=O) groups is 1. The molecule has 0 heterocycles.